The molecule has 9 aromatic rings. The van der Waals surface area contributed by atoms with E-state index in [1.165, 1.54) is 134 Å². The summed E-state index contributed by atoms with van der Waals surface area (Å²) in [5, 5.41) is 13.0. The Hall–Kier alpha value is -7.17. The van der Waals surface area contributed by atoms with Crippen LogP contribution in [0.4, 0.5) is 17.8 Å². The second-order valence-electron chi connectivity index (χ2n) is 29.6. The maximum atomic E-state index is 4.94. The van der Waals surface area contributed by atoms with Gasteiger partial charge in [0.1, 0.15) is 0 Å². The average molecular weight is 1410 g/mol. The van der Waals surface area contributed by atoms with Crippen LogP contribution in [0.2, 0.25) is 0 Å². The van der Waals surface area contributed by atoms with E-state index < -0.39 is 0 Å². The van der Waals surface area contributed by atoms with Crippen molar-refractivity contribution < 1.29 is 25.8 Å². The molecule has 93 heavy (non-hydrogen) atoms. The first-order chi connectivity index (χ1) is 41.8. The Morgan fingerprint density at radius 2 is 0.441 bits per heavy atom. The Bertz CT molecular complexity index is 3330. The summed E-state index contributed by atoms with van der Waals surface area (Å²) in [6.07, 6.45) is 0. The number of rotatable bonds is 12. The zero-order chi connectivity index (χ0) is 66.6. The van der Waals surface area contributed by atoms with Crippen LogP contribution in [0.25, 0.3) is 78.2 Å². The maximum Gasteiger partial charge on any atom is 4.00 e. The van der Waals surface area contributed by atoms with Crippen LogP contribution in [0.1, 0.15) is 162 Å². The van der Waals surface area contributed by atoms with Crippen molar-refractivity contribution in [1.82, 2.24) is 29.9 Å². The molecule has 0 aliphatic rings. The molecule has 10 heteroatoms. The Labute approximate surface area is 582 Å². The van der Waals surface area contributed by atoms with E-state index in [0.717, 1.165) is 40.7 Å². The Balaban J connectivity index is 0.000000293. The molecule has 0 unspecified atom stereocenters. The van der Waals surface area contributed by atoms with Gasteiger partial charge >= 0.3 is 25.8 Å². The molecule has 3 aromatic heterocycles. The van der Waals surface area contributed by atoms with Gasteiger partial charge in [0.05, 0.1) is 11.4 Å². The summed E-state index contributed by atoms with van der Waals surface area (Å²) in [5.74, 6) is 1.82. The van der Waals surface area contributed by atoms with Gasteiger partial charge in [-0.1, -0.05) is 168 Å². The zero-order valence-corrected chi connectivity index (χ0v) is 66.0. The predicted octanol–water partition coefficient (Wildman–Crippen LogP) is 23.4. The second kappa shape index (κ2) is 31.8. The fraction of sp³-hybridized carbons (Fsp3) is 0.398. The van der Waals surface area contributed by atoms with E-state index in [-0.39, 0.29) is 56.9 Å². The van der Waals surface area contributed by atoms with Crippen molar-refractivity contribution in [3.63, 3.8) is 0 Å². The second-order valence-corrected chi connectivity index (χ2v) is 29.6. The number of hydrogen-bond acceptors (Lipinski definition) is 7. The monoisotopic (exact) mass is 1410 g/mol. The minimum atomic E-state index is 0. The van der Waals surface area contributed by atoms with Crippen LogP contribution < -0.4 is 5.32 Å². The molecule has 9 nitrogen and oxygen atoms in total. The van der Waals surface area contributed by atoms with Crippen LogP contribution in [0.5, 0.6) is 0 Å². The molecule has 490 valence electrons. The smallest absolute Gasteiger partial charge is 0.393 e. The molecule has 0 aliphatic heterocycles. The topological polar surface area (TPSA) is 118 Å². The van der Waals surface area contributed by atoms with E-state index in [1.54, 1.807) is 0 Å². The summed E-state index contributed by atoms with van der Waals surface area (Å²) in [6.45, 7) is 60.7. The third-order valence-corrected chi connectivity index (χ3v) is 15.9. The van der Waals surface area contributed by atoms with E-state index in [0.29, 0.717) is 30.9 Å². The van der Waals surface area contributed by atoms with Crippen molar-refractivity contribution in [1.29, 1.82) is 0 Å². The van der Waals surface area contributed by atoms with E-state index in [4.69, 9.17) is 40.5 Å². The van der Waals surface area contributed by atoms with Crippen molar-refractivity contribution in [3.05, 3.63) is 217 Å². The van der Waals surface area contributed by atoms with Gasteiger partial charge in [0, 0.05) is 52.3 Å². The summed E-state index contributed by atoms with van der Waals surface area (Å²) in [6, 6.07) is 33.1. The SMILES string of the molecule is Cc1cc(C)c(-c2cc(-c3c(C)cc(C)cc3C)nc(NCC(C)(C)C)n2)c(C)c1.Cc1cc(C)c(-c2cc(-c3c(C)cc(C)cc3C)nc([N-]CC(C)(C)C)n2)c(C)c1.Cc1cc(C)c(-c2cc(-c3c(C)cc(C)cc3C)nc([N-]CC(C)(C)C)n2)c(C)c1.[CH3-].[CH3-].[Hf+4]. The van der Waals surface area contributed by atoms with Crippen molar-refractivity contribution in [2.45, 2.75) is 187 Å². The summed E-state index contributed by atoms with van der Waals surface area (Å²) in [7, 11) is 0. The molecule has 3 heterocycles. The molecule has 0 bridgehead atoms. The van der Waals surface area contributed by atoms with Crippen LogP contribution in [0.15, 0.2) is 91.0 Å². The van der Waals surface area contributed by atoms with Crippen molar-refractivity contribution >= 4 is 17.8 Å². The standard InChI is InChI=1S/C27H35N3.2C27H34N3.2CH3.Hf/c3*1-16-10-18(3)24(19(4)11-16)22-14-23(25-20(5)12-17(2)13-21(25)6)30-26(29-22)28-15-27(7,8)9;;;/h10-14H,15H2,1-9H3,(H,28,29,30);2*10-14H,15H2,1-9H3;2*1H3;/q;4*-1;+4. The first-order valence-corrected chi connectivity index (χ1v) is 32.1. The third kappa shape index (κ3) is 20.9. The van der Waals surface area contributed by atoms with E-state index in [9.17, 15) is 0 Å². The number of nitrogens with zero attached hydrogens (tertiary/aromatic N) is 8. The number of anilines is 1. The zero-order valence-electron chi connectivity index (χ0n) is 62.4. The van der Waals surface area contributed by atoms with Gasteiger partial charge in [0.15, 0.2) is 0 Å². The minimum Gasteiger partial charge on any atom is -0.393 e. The van der Waals surface area contributed by atoms with Gasteiger partial charge in [-0.2, -0.15) is 0 Å². The summed E-state index contributed by atoms with van der Waals surface area (Å²) in [4.78, 5) is 29.4. The van der Waals surface area contributed by atoms with Gasteiger partial charge < -0.3 is 50.7 Å². The van der Waals surface area contributed by atoms with Crippen molar-refractivity contribution in [2.24, 2.45) is 16.2 Å². The summed E-state index contributed by atoms with van der Waals surface area (Å²) >= 11 is 0. The van der Waals surface area contributed by atoms with Crippen molar-refractivity contribution in [2.75, 3.05) is 25.0 Å². The van der Waals surface area contributed by atoms with Gasteiger partial charge in [-0.3, -0.25) is 0 Å². The molecule has 0 spiro atoms. The molecule has 0 fully saturated rings. The minimum absolute atomic E-state index is 0. The number of aryl methyl sites for hydroxylation is 18. The van der Waals surface area contributed by atoms with Crippen LogP contribution in [-0.4, -0.2) is 49.5 Å². The molecule has 6 aromatic carbocycles. The van der Waals surface area contributed by atoms with Crippen molar-refractivity contribution in [3.8, 4) is 67.5 Å². The maximum absolute atomic E-state index is 4.94. The normalized spacial score (nSPS) is 11.3. The van der Waals surface area contributed by atoms with Crippen LogP contribution >= 0.6 is 0 Å². The first-order valence-electron chi connectivity index (χ1n) is 32.1. The molecular weight excluding hydrogens is 1300 g/mol. The number of nitrogens with one attached hydrogen (secondary N) is 1. The number of aromatic nitrogens is 6. The number of benzene rings is 6. The molecule has 0 aliphatic carbocycles. The molecule has 9 rings (SSSR count). The molecule has 0 saturated carbocycles. The fourth-order valence-corrected chi connectivity index (χ4v) is 12.8. The predicted molar refractivity (Wildman–Crippen MR) is 399 cm³/mol. The van der Waals surface area contributed by atoms with E-state index >= 15 is 0 Å². The van der Waals surface area contributed by atoms with Crippen LogP contribution in [0.3, 0.4) is 0 Å². The number of hydrogen-bond donors (Lipinski definition) is 1. The molecule has 0 atom stereocenters. The fourth-order valence-electron chi connectivity index (χ4n) is 12.8. The van der Waals surface area contributed by atoms with Gasteiger partial charge in [-0.05, 0) is 261 Å². The molecule has 1 N–H and O–H groups in total. The summed E-state index contributed by atoms with van der Waals surface area (Å²) < 4.78 is 0. The van der Waals surface area contributed by atoms with E-state index in [2.05, 4.69) is 283 Å². The van der Waals surface area contributed by atoms with Gasteiger partial charge in [0.2, 0.25) is 5.95 Å². The average Bonchev–Trinajstić information content (AvgIpc) is 0.800. The molecule has 0 saturated heterocycles. The van der Waals surface area contributed by atoms with E-state index in [1.807, 2.05) is 0 Å². The Kier molecular flexibility index (Phi) is 26.8. The third-order valence-electron chi connectivity index (χ3n) is 15.9. The van der Waals surface area contributed by atoms with Crippen LogP contribution in [0, 0.1) is 156 Å². The molecule has 0 amide bonds. The van der Waals surface area contributed by atoms with Gasteiger partial charge in [-0.15, -0.1) is 0 Å². The Morgan fingerprint density at radius 1 is 0.269 bits per heavy atom. The summed E-state index contributed by atoms with van der Waals surface area (Å²) in [5.41, 5.74) is 35.7. The van der Waals surface area contributed by atoms with Gasteiger partial charge in [0.25, 0.3) is 0 Å². The first kappa shape index (κ1) is 78.3. The Morgan fingerprint density at radius 3 is 0.602 bits per heavy atom. The van der Waals surface area contributed by atoms with Gasteiger partial charge in [-0.25, -0.2) is 9.97 Å². The quantitative estimate of drug-likeness (QED) is 0.0956. The molecular formula is C83H109HfN9. The molecule has 0 radical (unpaired) electrons. The van der Waals surface area contributed by atoms with Crippen LogP contribution in [-0.2, 0) is 25.8 Å². The largest absolute Gasteiger partial charge is 4.00 e.